The van der Waals surface area contributed by atoms with Gasteiger partial charge in [0.2, 0.25) is 0 Å². The molecule has 0 amide bonds. The second-order valence-corrected chi connectivity index (χ2v) is 5.03. The molecule has 11 heteroatoms. The topological polar surface area (TPSA) is 143 Å². The van der Waals surface area contributed by atoms with Crippen molar-refractivity contribution in [1.82, 2.24) is 0 Å². The maximum Gasteiger partial charge on any atom is 0.328 e. The molecular formula is C5H12O9P2. The Labute approximate surface area is 91.5 Å². The van der Waals surface area contributed by atoms with Crippen LogP contribution in [0.1, 0.15) is 0 Å². The first-order valence-corrected chi connectivity index (χ1v) is 6.68. The van der Waals surface area contributed by atoms with Gasteiger partial charge in [0.1, 0.15) is 18.3 Å². The third-order valence-electron chi connectivity index (χ3n) is 1.88. The number of ether oxygens (including phenoxy) is 1. The van der Waals surface area contributed by atoms with Gasteiger partial charge in [-0.05, 0) is 0 Å². The molecular weight excluding hydrogens is 266 g/mol. The standard InChI is InChI=1S/C5H12O9P2/c6-1-2-3(7)4(8)5(12-2)13-16(11)14-15(9)10/h2-8,15-16H,1H2,(H,9,10)/t2-,3-,4-,5-/m1/s1. The van der Waals surface area contributed by atoms with Crippen LogP contribution in [0, 0.1) is 0 Å². The SMILES string of the molecule is O=[PH](O)O[PH](=O)O[C@H]1O[C@H](CO)[C@@H](O)[C@H]1O. The molecule has 0 aromatic rings. The van der Waals surface area contributed by atoms with Gasteiger partial charge in [0.15, 0.2) is 6.29 Å². The molecule has 0 aromatic carbocycles. The van der Waals surface area contributed by atoms with Crippen LogP contribution in [0.5, 0.6) is 0 Å². The zero-order chi connectivity index (χ0) is 12.3. The lowest BCUT2D eigenvalue weighted by Crippen LogP contribution is -2.34. The fraction of sp³-hybridized carbons (Fsp3) is 1.00. The molecule has 96 valence electrons. The number of aliphatic hydroxyl groups is 3. The monoisotopic (exact) mass is 278 g/mol. The highest BCUT2D eigenvalue weighted by atomic mass is 31.2. The zero-order valence-electron chi connectivity index (χ0n) is 7.85. The van der Waals surface area contributed by atoms with Crippen molar-refractivity contribution in [2.24, 2.45) is 0 Å². The van der Waals surface area contributed by atoms with E-state index in [2.05, 4.69) is 8.83 Å². The van der Waals surface area contributed by atoms with E-state index in [9.17, 15) is 19.3 Å². The third-order valence-corrected chi connectivity index (χ3v) is 3.67. The molecule has 1 saturated heterocycles. The Morgan fingerprint density at radius 3 is 2.31 bits per heavy atom. The van der Waals surface area contributed by atoms with Crippen molar-refractivity contribution in [3.63, 3.8) is 0 Å². The average Bonchev–Trinajstić information content (AvgIpc) is 2.44. The van der Waals surface area contributed by atoms with Crippen molar-refractivity contribution in [3.05, 3.63) is 0 Å². The van der Waals surface area contributed by atoms with Crippen molar-refractivity contribution in [3.8, 4) is 0 Å². The van der Waals surface area contributed by atoms with Crippen molar-refractivity contribution < 1.29 is 42.9 Å². The molecule has 0 bridgehead atoms. The van der Waals surface area contributed by atoms with E-state index < -0.39 is 47.7 Å². The Bertz CT molecular complexity index is 283. The second kappa shape index (κ2) is 6.20. The fourth-order valence-electron chi connectivity index (χ4n) is 1.15. The molecule has 0 saturated carbocycles. The molecule has 9 nitrogen and oxygen atoms in total. The maximum absolute atomic E-state index is 10.9. The molecule has 1 fully saturated rings. The molecule has 0 spiro atoms. The van der Waals surface area contributed by atoms with Crippen molar-refractivity contribution in [2.45, 2.75) is 24.6 Å². The van der Waals surface area contributed by atoms with Gasteiger partial charge in [-0.25, -0.2) is 4.31 Å². The third kappa shape index (κ3) is 3.59. The summed E-state index contributed by atoms with van der Waals surface area (Å²) in [6.07, 6.45) is -5.45. The summed E-state index contributed by atoms with van der Waals surface area (Å²) in [5.74, 6) is 0. The van der Waals surface area contributed by atoms with Crippen LogP contribution < -0.4 is 0 Å². The van der Waals surface area contributed by atoms with Crippen molar-refractivity contribution in [1.29, 1.82) is 0 Å². The first-order chi connectivity index (χ1) is 7.45. The van der Waals surface area contributed by atoms with Crippen LogP contribution in [0.4, 0.5) is 0 Å². The Hall–Kier alpha value is 0.180. The summed E-state index contributed by atoms with van der Waals surface area (Å²) in [6.45, 7) is -0.559. The summed E-state index contributed by atoms with van der Waals surface area (Å²) in [5, 5.41) is 27.3. The number of aliphatic hydroxyl groups excluding tert-OH is 3. The molecule has 16 heavy (non-hydrogen) atoms. The highest BCUT2D eigenvalue weighted by Gasteiger charge is 2.44. The predicted octanol–water partition coefficient (Wildman–Crippen LogP) is -1.77. The van der Waals surface area contributed by atoms with Gasteiger partial charge in [-0.2, -0.15) is 0 Å². The fourth-order valence-corrected chi connectivity index (χ4v) is 2.30. The van der Waals surface area contributed by atoms with Crippen LogP contribution in [-0.2, 0) is 22.7 Å². The molecule has 1 heterocycles. The minimum atomic E-state index is -3.42. The molecule has 1 aliphatic rings. The van der Waals surface area contributed by atoms with Gasteiger partial charge in [-0.1, -0.05) is 0 Å². The van der Waals surface area contributed by atoms with E-state index in [-0.39, 0.29) is 0 Å². The van der Waals surface area contributed by atoms with E-state index in [0.29, 0.717) is 0 Å². The second-order valence-electron chi connectivity index (χ2n) is 2.94. The quantitative estimate of drug-likeness (QED) is 0.429. The summed E-state index contributed by atoms with van der Waals surface area (Å²) < 4.78 is 34.3. The minimum absolute atomic E-state index is 0.559. The average molecular weight is 278 g/mol. The van der Waals surface area contributed by atoms with Crippen LogP contribution in [0.3, 0.4) is 0 Å². The Morgan fingerprint density at radius 2 is 1.88 bits per heavy atom. The zero-order valence-corrected chi connectivity index (χ0v) is 9.85. The normalized spacial score (nSPS) is 38.5. The highest BCUT2D eigenvalue weighted by Crippen LogP contribution is 2.39. The molecule has 1 aliphatic heterocycles. The van der Waals surface area contributed by atoms with E-state index in [0.717, 1.165) is 0 Å². The van der Waals surface area contributed by atoms with Gasteiger partial charge < -0.3 is 24.9 Å². The molecule has 0 radical (unpaired) electrons. The van der Waals surface area contributed by atoms with Crippen LogP contribution in [0.2, 0.25) is 0 Å². The van der Waals surface area contributed by atoms with Crippen LogP contribution in [0.15, 0.2) is 0 Å². The summed E-state index contributed by atoms with van der Waals surface area (Å²) in [4.78, 5) is 8.29. The number of rotatable bonds is 5. The first-order valence-electron chi connectivity index (χ1n) is 4.19. The van der Waals surface area contributed by atoms with E-state index in [1.807, 2.05) is 0 Å². The van der Waals surface area contributed by atoms with Gasteiger partial charge in [0, 0.05) is 0 Å². The predicted molar refractivity (Wildman–Crippen MR) is 50.2 cm³/mol. The van der Waals surface area contributed by atoms with Crippen LogP contribution >= 0.6 is 16.5 Å². The lowest BCUT2D eigenvalue weighted by molar-refractivity contribution is -0.116. The largest absolute Gasteiger partial charge is 0.394 e. The Morgan fingerprint density at radius 1 is 1.25 bits per heavy atom. The molecule has 4 N–H and O–H groups in total. The van der Waals surface area contributed by atoms with Crippen molar-refractivity contribution in [2.75, 3.05) is 6.61 Å². The van der Waals surface area contributed by atoms with E-state index >= 15 is 0 Å². The van der Waals surface area contributed by atoms with Gasteiger partial charge >= 0.3 is 16.5 Å². The van der Waals surface area contributed by atoms with Gasteiger partial charge in [0.05, 0.1) is 6.61 Å². The smallest absolute Gasteiger partial charge is 0.328 e. The lowest BCUT2D eigenvalue weighted by atomic mass is 10.1. The summed E-state index contributed by atoms with van der Waals surface area (Å²) >= 11 is 0. The summed E-state index contributed by atoms with van der Waals surface area (Å²) in [6, 6.07) is 0. The van der Waals surface area contributed by atoms with Crippen molar-refractivity contribution >= 4 is 16.5 Å². The molecule has 0 aromatic heterocycles. The maximum atomic E-state index is 10.9. The Balaban J connectivity index is 2.50. The van der Waals surface area contributed by atoms with Crippen LogP contribution in [0.25, 0.3) is 0 Å². The number of hydrogen-bond acceptors (Lipinski definition) is 8. The summed E-state index contributed by atoms with van der Waals surface area (Å²) in [7, 11) is -6.72. The van der Waals surface area contributed by atoms with Gasteiger partial charge in [0.25, 0.3) is 0 Å². The molecule has 1 rings (SSSR count). The summed E-state index contributed by atoms with van der Waals surface area (Å²) in [5.41, 5.74) is 0. The Kier molecular flexibility index (Phi) is 5.52. The van der Waals surface area contributed by atoms with Gasteiger partial charge in [-0.3, -0.25) is 13.7 Å². The van der Waals surface area contributed by atoms with E-state index in [4.69, 9.17) is 14.7 Å². The van der Waals surface area contributed by atoms with E-state index in [1.54, 1.807) is 0 Å². The first kappa shape index (κ1) is 14.2. The van der Waals surface area contributed by atoms with Gasteiger partial charge in [-0.15, -0.1) is 0 Å². The molecule has 2 unspecified atom stereocenters. The lowest BCUT2D eigenvalue weighted by Gasteiger charge is -2.13. The number of hydrogen-bond donors (Lipinski definition) is 4. The van der Waals surface area contributed by atoms with E-state index in [1.165, 1.54) is 0 Å². The molecule has 0 aliphatic carbocycles. The van der Waals surface area contributed by atoms with Crippen LogP contribution in [-0.4, -0.2) is 51.4 Å². The highest BCUT2D eigenvalue weighted by molar-refractivity contribution is 7.47. The molecule has 6 atom stereocenters. The minimum Gasteiger partial charge on any atom is -0.394 e.